The average Bonchev–Trinajstić information content (AvgIpc) is 2.53. The zero-order chi connectivity index (χ0) is 15.2. The quantitative estimate of drug-likeness (QED) is 0.769. The lowest BCUT2D eigenvalue weighted by molar-refractivity contribution is -0.143. The molecule has 1 saturated carbocycles. The molecule has 114 valence electrons. The molecule has 5 nitrogen and oxygen atoms in total. The summed E-state index contributed by atoms with van der Waals surface area (Å²) in [7, 11) is 0. The lowest BCUT2D eigenvalue weighted by Gasteiger charge is -2.27. The largest absolute Gasteiger partial charge is 0.479 e. The fraction of sp³-hybridized carbons (Fsp3) is 0.500. The van der Waals surface area contributed by atoms with E-state index < -0.39 is 12.0 Å². The Balaban J connectivity index is 1.98. The van der Waals surface area contributed by atoms with E-state index in [0.717, 1.165) is 25.7 Å². The molecule has 1 aromatic carbocycles. The summed E-state index contributed by atoms with van der Waals surface area (Å²) in [5, 5.41) is 12.0. The van der Waals surface area contributed by atoms with E-state index in [1.54, 1.807) is 24.3 Å². The van der Waals surface area contributed by atoms with Gasteiger partial charge in [0.05, 0.1) is 0 Å². The van der Waals surface area contributed by atoms with Crippen LogP contribution in [0.2, 0.25) is 0 Å². The summed E-state index contributed by atoms with van der Waals surface area (Å²) in [6.45, 7) is 0.663. The van der Waals surface area contributed by atoms with Crippen molar-refractivity contribution in [1.29, 1.82) is 0 Å². The predicted octanol–water partition coefficient (Wildman–Crippen LogP) is 1.69. The third-order valence-corrected chi connectivity index (χ3v) is 4.22. The minimum Gasteiger partial charge on any atom is -0.479 e. The van der Waals surface area contributed by atoms with Crippen molar-refractivity contribution in [3.8, 4) is 0 Å². The van der Waals surface area contributed by atoms with Gasteiger partial charge in [0.2, 0.25) is 5.91 Å². The highest BCUT2D eigenvalue weighted by Crippen LogP contribution is 2.28. The van der Waals surface area contributed by atoms with Crippen LogP contribution in [0.5, 0.6) is 0 Å². The molecular weight excluding hydrogens is 268 g/mol. The van der Waals surface area contributed by atoms with E-state index in [2.05, 4.69) is 5.32 Å². The number of benzene rings is 1. The highest BCUT2D eigenvalue weighted by atomic mass is 16.4. The SMILES string of the molecule is NCC1CCC(C(=O)N[C@H](C(=O)O)c2ccccc2)CC1. The number of hydrogen-bond donors (Lipinski definition) is 3. The van der Waals surface area contributed by atoms with Gasteiger partial charge in [0.15, 0.2) is 6.04 Å². The summed E-state index contributed by atoms with van der Waals surface area (Å²) in [4.78, 5) is 23.7. The fourth-order valence-corrected chi connectivity index (χ4v) is 2.85. The maximum atomic E-state index is 12.3. The van der Waals surface area contributed by atoms with Crippen LogP contribution < -0.4 is 11.1 Å². The number of carbonyl (C=O) groups is 2. The molecule has 0 unspecified atom stereocenters. The molecule has 0 radical (unpaired) electrons. The number of nitrogens with two attached hydrogens (primary N) is 1. The summed E-state index contributed by atoms with van der Waals surface area (Å²) in [5.74, 6) is -0.802. The first-order valence-electron chi connectivity index (χ1n) is 7.40. The van der Waals surface area contributed by atoms with Gasteiger partial charge >= 0.3 is 5.97 Å². The van der Waals surface area contributed by atoms with E-state index in [1.807, 2.05) is 6.07 Å². The average molecular weight is 290 g/mol. The minimum absolute atomic E-state index is 0.0987. The Bertz CT molecular complexity index is 482. The van der Waals surface area contributed by atoms with Crippen molar-refractivity contribution in [2.45, 2.75) is 31.7 Å². The van der Waals surface area contributed by atoms with Gasteiger partial charge in [-0.2, -0.15) is 0 Å². The zero-order valence-electron chi connectivity index (χ0n) is 12.0. The molecule has 0 saturated heterocycles. The summed E-state index contributed by atoms with van der Waals surface area (Å²) < 4.78 is 0. The summed E-state index contributed by atoms with van der Waals surface area (Å²) in [5.41, 5.74) is 6.23. The maximum absolute atomic E-state index is 12.3. The van der Waals surface area contributed by atoms with Gasteiger partial charge in [-0.15, -0.1) is 0 Å². The second kappa shape index (κ2) is 7.22. The number of carboxylic acid groups (broad SMARTS) is 1. The molecule has 0 heterocycles. The Morgan fingerprint density at radius 1 is 1.19 bits per heavy atom. The Morgan fingerprint density at radius 2 is 1.81 bits per heavy atom. The van der Waals surface area contributed by atoms with Crippen LogP contribution in [0.3, 0.4) is 0 Å². The van der Waals surface area contributed by atoms with E-state index in [-0.39, 0.29) is 11.8 Å². The first-order valence-corrected chi connectivity index (χ1v) is 7.40. The van der Waals surface area contributed by atoms with Crippen LogP contribution >= 0.6 is 0 Å². The molecule has 2 rings (SSSR count). The second-order valence-electron chi connectivity index (χ2n) is 5.64. The highest BCUT2D eigenvalue weighted by Gasteiger charge is 2.29. The molecule has 0 aliphatic heterocycles. The van der Waals surface area contributed by atoms with Gasteiger partial charge in [-0.05, 0) is 43.7 Å². The monoisotopic (exact) mass is 290 g/mol. The Hall–Kier alpha value is -1.88. The van der Waals surface area contributed by atoms with Crippen molar-refractivity contribution in [1.82, 2.24) is 5.32 Å². The Kier molecular flexibility index (Phi) is 5.33. The van der Waals surface area contributed by atoms with E-state index in [4.69, 9.17) is 5.73 Å². The van der Waals surface area contributed by atoms with Crippen LogP contribution in [0.25, 0.3) is 0 Å². The predicted molar refractivity (Wildman–Crippen MR) is 79.5 cm³/mol. The third-order valence-electron chi connectivity index (χ3n) is 4.22. The number of carboxylic acids is 1. The van der Waals surface area contributed by atoms with Crippen LogP contribution in [-0.4, -0.2) is 23.5 Å². The first-order chi connectivity index (χ1) is 10.1. The molecular formula is C16H22N2O3. The molecule has 0 bridgehead atoms. The Morgan fingerprint density at radius 3 is 2.33 bits per heavy atom. The fourth-order valence-electron chi connectivity index (χ4n) is 2.85. The van der Waals surface area contributed by atoms with Gasteiger partial charge in [-0.25, -0.2) is 4.79 Å². The summed E-state index contributed by atoms with van der Waals surface area (Å²) >= 11 is 0. The molecule has 1 aliphatic rings. The third kappa shape index (κ3) is 4.04. The van der Waals surface area contributed by atoms with E-state index in [9.17, 15) is 14.7 Å². The molecule has 1 fully saturated rings. The van der Waals surface area contributed by atoms with Gasteiger partial charge in [0.1, 0.15) is 0 Å². The smallest absolute Gasteiger partial charge is 0.330 e. The van der Waals surface area contributed by atoms with Crippen LogP contribution in [0.4, 0.5) is 0 Å². The molecule has 1 amide bonds. The molecule has 21 heavy (non-hydrogen) atoms. The molecule has 1 aromatic rings. The number of amides is 1. The van der Waals surface area contributed by atoms with Gasteiger partial charge in [-0.1, -0.05) is 30.3 Å². The van der Waals surface area contributed by atoms with Crippen LogP contribution in [0, 0.1) is 11.8 Å². The lowest BCUT2D eigenvalue weighted by Crippen LogP contribution is -2.39. The molecule has 5 heteroatoms. The van der Waals surface area contributed by atoms with Crippen LogP contribution in [0.15, 0.2) is 30.3 Å². The van der Waals surface area contributed by atoms with Crippen LogP contribution in [0.1, 0.15) is 37.3 Å². The van der Waals surface area contributed by atoms with E-state index >= 15 is 0 Å². The zero-order valence-corrected chi connectivity index (χ0v) is 12.0. The molecule has 0 spiro atoms. The minimum atomic E-state index is -1.04. The van der Waals surface area contributed by atoms with Gasteiger partial charge in [0, 0.05) is 5.92 Å². The number of nitrogens with one attached hydrogen (secondary N) is 1. The number of hydrogen-bond acceptors (Lipinski definition) is 3. The molecule has 0 aromatic heterocycles. The van der Waals surface area contributed by atoms with Crippen molar-refractivity contribution >= 4 is 11.9 Å². The number of rotatable bonds is 5. The first kappa shape index (κ1) is 15.5. The topological polar surface area (TPSA) is 92.4 Å². The van der Waals surface area contributed by atoms with Gasteiger partial charge in [-0.3, -0.25) is 4.79 Å². The molecule has 1 atom stereocenters. The van der Waals surface area contributed by atoms with Crippen molar-refractivity contribution in [2.75, 3.05) is 6.54 Å². The van der Waals surface area contributed by atoms with Gasteiger partial charge < -0.3 is 16.2 Å². The maximum Gasteiger partial charge on any atom is 0.330 e. The van der Waals surface area contributed by atoms with Crippen molar-refractivity contribution in [2.24, 2.45) is 17.6 Å². The van der Waals surface area contributed by atoms with E-state index in [0.29, 0.717) is 18.0 Å². The summed E-state index contributed by atoms with van der Waals surface area (Å²) in [6.07, 6.45) is 3.46. The van der Waals surface area contributed by atoms with Crippen LogP contribution in [-0.2, 0) is 9.59 Å². The second-order valence-corrected chi connectivity index (χ2v) is 5.64. The Labute approximate surface area is 124 Å². The molecule has 4 N–H and O–H groups in total. The van der Waals surface area contributed by atoms with E-state index in [1.165, 1.54) is 0 Å². The van der Waals surface area contributed by atoms with Crippen molar-refractivity contribution in [3.05, 3.63) is 35.9 Å². The van der Waals surface area contributed by atoms with Gasteiger partial charge in [0.25, 0.3) is 0 Å². The number of carbonyl (C=O) groups excluding carboxylic acids is 1. The number of aliphatic carboxylic acids is 1. The van der Waals surface area contributed by atoms with Crippen molar-refractivity contribution < 1.29 is 14.7 Å². The standard InChI is InChI=1S/C16H22N2O3/c17-10-11-6-8-13(9-7-11)15(19)18-14(16(20)21)12-4-2-1-3-5-12/h1-5,11,13-14H,6-10,17H2,(H,18,19)(H,20,21)/t11?,13?,14-/m0/s1. The molecule has 1 aliphatic carbocycles. The normalized spacial score (nSPS) is 23.3. The highest BCUT2D eigenvalue weighted by molar-refractivity contribution is 5.85. The lowest BCUT2D eigenvalue weighted by atomic mass is 9.81. The van der Waals surface area contributed by atoms with Crippen molar-refractivity contribution in [3.63, 3.8) is 0 Å². The summed E-state index contributed by atoms with van der Waals surface area (Å²) in [6, 6.07) is 7.80.